The topological polar surface area (TPSA) is 29.5 Å². The largest absolute Gasteiger partial charge is 0.461 e. The van der Waals surface area contributed by atoms with Crippen molar-refractivity contribution in [3.05, 3.63) is 35.9 Å². The maximum Gasteiger partial charge on any atom is 0.338 e. The third kappa shape index (κ3) is 6.67. The number of rotatable bonds is 4. The van der Waals surface area contributed by atoms with E-state index in [-0.39, 0.29) is 30.8 Å². The molecule has 0 unspecified atom stereocenters. The summed E-state index contributed by atoms with van der Waals surface area (Å²) in [5, 5.41) is 0. The second-order valence-electron chi connectivity index (χ2n) is 3.31. The Morgan fingerprint density at radius 3 is 2.25 bits per heavy atom. The highest BCUT2D eigenvalue weighted by atomic mass is 35.5. The van der Waals surface area contributed by atoms with Crippen LogP contribution in [0.25, 0.3) is 0 Å². The Kier molecular flexibility index (Phi) is 10.4. The molecule has 0 N–H and O–H groups in total. The molecule has 0 spiro atoms. The van der Waals surface area contributed by atoms with Crippen molar-refractivity contribution in [3.63, 3.8) is 0 Å². The van der Waals surface area contributed by atoms with Crippen molar-refractivity contribution >= 4 is 30.8 Å². The Hall–Kier alpha value is -0.770. The normalized spacial score (nSPS) is 8.94. The van der Waals surface area contributed by atoms with Gasteiger partial charge in [0.25, 0.3) is 0 Å². The Balaban J connectivity index is 0. The minimum Gasteiger partial charge on any atom is -0.461 e. The number of likely N-dealkylation sites (N-methyl/N-ethyl adjacent to an activating group) is 1. The second-order valence-corrected chi connectivity index (χ2v) is 3.31. The summed E-state index contributed by atoms with van der Waals surface area (Å²) >= 11 is 0. The predicted octanol–water partition coefficient (Wildman–Crippen LogP) is 2.25. The average Bonchev–Trinajstić information content (AvgIpc) is 2.18. The van der Waals surface area contributed by atoms with Crippen molar-refractivity contribution in [1.29, 1.82) is 0 Å². The molecule has 0 aliphatic carbocycles. The fourth-order valence-corrected chi connectivity index (χ4v) is 0.978. The number of carbonyl (C=O) groups excluding carboxylic acids is 1. The number of hydrogen-bond acceptors (Lipinski definition) is 3. The molecule has 16 heavy (non-hydrogen) atoms. The molecule has 5 heteroatoms. The quantitative estimate of drug-likeness (QED) is 0.783. The summed E-state index contributed by atoms with van der Waals surface area (Å²) in [6.45, 7) is 1.18. The van der Waals surface area contributed by atoms with E-state index in [1.54, 1.807) is 12.1 Å². The number of esters is 1. The molecule has 0 bridgehead atoms. The molecular formula is C11H17Cl2NO2. The number of hydrogen-bond donors (Lipinski definition) is 0. The molecule has 0 heterocycles. The minimum atomic E-state index is -0.257. The fourth-order valence-electron chi connectivity index (χ4n) is 0.978. The van der Waals surface area contributed by atoms with E-state index in [0.717, 1.165) is 6.54 Å². The summed E-state index contributed by atoms with van der Waals surface area (Å²) in [5.41, 5.74) is 0.603. The van der Waals surface area contributed by atoms with E-state index in [4.69, 9.17) is 4.74 Å². The first-order valence-electron chi connectivity index (χ1n) is 4.57. The van der Waals surface area contributed by atoms with E-state index in [2.05, 4.69) is 0 Å². The Morgan fingerprint density at radius 1 is 1.19 bits per heavy atom. The van der Waals surface area contributed by atoms with E-state index in [1.165, 1.54) is 0 Å². The molecular weight excluding hydrogens is 249 g/mol. The van der Waals surface area contributed by atoms with Crippen LogP contribution in [0.5, 0.6) is 0 Å². The number of ether oxygens (including phenoxy) is 1. The lowest BCUT2D eigenvalue weighted by molar-refractivity contribution is 0.0482. The van der Waals surface area contributed by atoms with E-state index in [1.807, 2.05) is 37.2 Å². The zero-order valence-electron chi connectivity index (χ0n) is 9.38. The molecule has 0 aromatic heterocycles. The first-order chi connectivity index (χ1) is 6.70. The van der Waals surface area contributed by atoms with Crippen molar-refractivity contribution in [2.75, 3.05) is 27.2 Å². The summed E-state index contributed by atoms with van der Waals surface area (Å²) in [4.78, 5) is 13.4. The predicted molar refractivity (Wildman–Crippen MR) is 69.8 cm³/mol. The number of carbonyl (C=O) groups is 1. The van der Waals surface area contributed by atoms with Gasteiger partial charge in [-0.3, -0.25) is 0 Å². The van der Waals surface area contributed by atoms with Crippen LogP contribution in [0.1, 0.15) is 10.4 Å². The van der Waals surface area contributed by atoms with Gasteiger partial charge in [0, 0.05) is 6.54 Å². The van der Waals surface area contributed by atoms with Crippen molar-refractivity contribution in [1.82, 2.24) is 4.90 Å². The smallest absolute Gasteiger partial charge is 0.338 e. The van der Waals surface area contributed by atoms with Crippen molar-refractivity contribution in [2.45, 2.75) is 0 Å². The van der Waals surface area contributed by atoms with Crippen LogP contribution in [0.15, 0.2) is 30.3 Å². The van der Waals surface area contributed by atoms with Crippen LogP contribution in [0.3, 0.4) is 0 Å². The molecule has 0 saturated heterocycles. The van der Waals surface area contributed by atoms with E-state index < -0.39 is 0 Å². The van der Waals surface area contributed by atoms with Crippen molar-refractivity contribution in [2.24, 2.45) is 0 Å². The summed E-state index contributed by atoms with van der Waals surface area (Å²) in [6, 6.07) is 9.01. The van der Waals surface area contributed by atoms with E-state index >= 15 is 0 Å². The second kappa shape index (κ2) is 9.46. The molecule has 0 fully saturated rings. The third-order valence-corrected chi connectivity index (χ3v) is 1.78. The molecule has 1 rings (SSSR count). The maximum absolute atomic E-state index is 11.4. The monoisotopic (exact) mass is 265 g/mol. The highest BCUT2D eigenvalue weighted by Crippen LogP contribution is 2.00. The SMILES string of the molecule is CN(C)CCOC(=O)c1ccccc1.Cl.Cl. The molecule has 1 aromatic rings. The van der Waals surface area contributed by atoms with E-state index in [9.17, 15) is 4.79 Å². The van der Waals surface area contributed by atoms with Gasteiger partial charge in [0.1, 0.15) is 6.61 Å². The lowest BCUT2D eigenvalue weighted by Gasteiger charge is -2.09. The zero-order valence-corrected chi connectivity index (χ0v) is 11.0. The van der Waals surface area contributed by atoms with Gasteiger partial charge in [-0.1, -0.05) is 18.2 Å². The maximum atomic E-state index is 11.4. The first-order valence-corrected chi connectivity index (χ1v) is 4.57. The van der Waals surface area contributed by atoms with Gasteiger partial charge in [-0.15, -0.1) is 24.8 Å². The third-order valence-electron chi connectivity index (χ3n) is 1.78. The minimum absolute atomic E-state index is 0. The molecule has 0 aliphatic rings. The number of benzene rings is 1. The lowest BCUT2D eigenvalue weighted by atomic mass is 10.2. The van der Waals surface area contributed by atoms with Gasteiger partial charge in [0.15, 0.2) is 0 Å². The molecule has 92 valence electrons. The van der Waals surface area contributed by atoms with Gasteiger partial charge < -0.3 is 9.64 Å². The molecule has 0 radical (unpaired) electrons. The van der Waals surface area contributed by atoms with Crippen LogP contribution in [0.4, 0.5) is 0 Å². The highest BCUT2D eigenvalue weighted by molar-refractivity contribution is 5.89. The fraction of sp³-hybridized carbons (Fsp3) is 0.364. The van der Waals surface area contributed by atoms with E-state index in [0.29, 0.717) is 12.2 Å². The Morgan fingerprint density at radius 2 is 1.75 bits per heavy atom. The summed E-state index contributed by atoms with van der Waals surface area (Å²) in [7, 11) is 3.88. The first kappa shape index (κ1) is 17.6. The summed E-state index contributed by atoms with van der Waals surface area (Å²) in [6.07, 6.45) is 0. The van der Waals surface area contributed by atoms with Crippen molar-refractivity contribution in [3.8, 4) is 0 Å². The molecule has 1 aromatic carbocycles. The van der Waals surface area contributed by atoms with Gasteiger partial charge in [0.05, 0.1) is 5.56 Å². The Labute approximate surface area is 109 Å². The van der Waals surface area contributed by atoms with Crippen LogP contribution >= 0.6 is 24.8 Å². The number of halogens is 2. The van der Waals surface area contributed by atoms with Crippen LogP contribution in [0, 0.1) is 0 Å². The number of nitrogens with zero attached hydrogens (tertiary/aromatic N) is 1. The Bertz CT molecular complexity index is 291. The molecule has 0 amide bonds. The van der Waals surface area contributed by atoms with Crippen LogP contribution in [-0.4, -0.2) is 38.1 Å². The average molecular weight is 266 g/mol. The summed E-state index contributed by atoms with van der Waals surface area (Å²) < 4.78 is 5.06. The summed E-state index contributed by atoms with van der Waals surface area (Å²) in [5.74, 6) is -0.257. The van der Waals surface area contributed by atoms with Crippen LogP contribution in [-0.2, 0) is 4.74 Å². The van der Waals surface area contributed by atoms with Gasteiger partial charge in [-0.05, 0) is 26.2 Å². The van der Waals surface area contributed by atoms with Gasteiger partial charge in [0.2, 0.25) is 0 Å². The lowest BCUT2D eigenvalue weighted by Crippen LogP contribution is -2.20. The zero-order chi connectivity index (χ0) is 10.4. The van der Waals surface area contributed by atoms with Crippen LogP contribution in [0.2, 0.25) is 0 Å². The van der Waals surface area contributed by atoms with Crippen LogP contribution < -0.4 is 0 Å². The molecule has 3 nitrogen and oxygen atoms in total. The van der Waals surface area contributed by atoms with Gasteiger partial charge in [-0.25, -0.2) is 4.79 Å². The van der Waals surface area contributed by atoms with Gasteiger partial charge >= 0.3 is 5.97 Å². The molecule has 0 atom stereocenters. The van der Waals surface area contributed by atoms with Crippen molar-refractivity contribution < 1.29 is 9.53 Å². The molecule has 0 aliphatic heterocycles. The van der Waals surface area contributed by atoms with Gasteiger partial charge in [-0.2, -0.15) is 0 Å². The standard InChI is InChI=1S/C11H15NO2.2ClH/c1-12(2)8-9-14-11(13)10-6-4-3-5-7-10;;/h3-7H,8-9H2,1-2H3;2*1H. The highest BCUT2D eigenvalue weighted by Gasteiger charge is 2.04. The molecule has 0 saturated carbocycles.